The van der Waals surface area contributed by atoms with Crippen LogP contribution < -0.4 is 0 Å². The maximum atomic E-state index is 15.0. The smallest absolute Gasteiger partial charge is 0.207 e. The fourth-order valence-electron chi connectivity index (χ4n) is 7.72. The third-order valence-corrected chi connectivity index (χ3v) is 12.3. The summed E-state index contributed by atoms with van der Waals surface area (Å²) in [5.41, 5.74) is 12.4. The summed E-state index contributed by atoms with van der Waals surface area (Å²) in [6, 6.07) is 56.9. The zero-order valence-electron chi connectivity index (χ0n) is 30.5. The largest absolute Gasteiger partial charge is 0.264 e. The maximum Gasteiger partial charge on any atom is 0.207 e. The molecule has 0 unspecified atom stereocenters. The minimum atomic E-state index is -4.01. The molecule has 0 spiro atoms. The van der Waals surface area contributed by atoms with Crippen molar-refractivity contribution >= 4 is 9.84 Å². The van der Waals surface area contributed by atoms with Gasteiger partial charge in [0.2, 0.25) is 9.84 Å². The van der Waals surface area contributed by atoms with E-state index in [4.69, 9.17) is 15.0 Å². The predicted octanol–water partition coefficient (Wildman–Crippen LogP) is 11.7. The van der Waals surface area contributed by atoms with E-state index in [-0.39, 0.29) is 9.79 Å². The van der Waals surface area contributed by atoms with Gasteiger partial charge in [0.15, 0.2) is 5.82 Å². The van der Waals surface area contributed by atoms with Gasteiger partial charge >= 0.3 is 0 Å². The SMILES string of the molecule is O=S1(=O)c2ccccc2-c2ccccc2-c2ccccc2-c2ccc(-c3cc(-c4ccc(-c5cccnc5)nc4)nc(-c4ccccc4)n3)cc2-c2ccccc21. The molecule has 1 aliphatic heterocycles. The highest BCUT2D eigenvalue weighted by molar-refractivity contribution is 7.91. The monoisotopic (exact) mass is 752 g/mol. The van der Waals surface area contributed by atoms with Gasteiger partial charge < -0.3 is 0 Å². The number of hydrogen-bond acceptors (Lipinski definition) is 6. The summed E-state index contributed by atoms with van der Waals surface area (Å²) in [5, 5.41) is 0. The van der Waals surface area contributed by atoms with Crippen LogP contribution in [0.1, 0.15) is 0 Å². The van der Waals surface area contributed by atoms with Crippen molar-refractivity contribution in [3.8, 4) is 89.7 Å². The topological polar surface area (TPSA) is 85.7 Å². The Hall–Kier alpha value is -7.35. The number of sulfone groups is 1. The molecule has 3 aromatic heterocycles. The van der Waals surface area contributed by atoms with Crippen LogP contribution in [-0.2, 0) is 9.84 Å². The zero-order valence-corrected chi connectivity index (χ0v) is 31.3. The zero-order chi connectivity index (χ0) is 38.3. The van der Waals surface area contributed by atoms with Gasteiger partial charge in [0.1, 0.15) is 0 Å². The van der Waals surface area contributed by atoms with Gasteiger partial charge in [-0.15, -0.1) is 0 Å². The molecule has 1 aliphatic rings. The average Bonchev–Trinajstić information content (AvgIpc) is 3.30. The van der Waals surface area contributed by atoms with Crippen LogP contribution in [0, 0.1) is 0 Å². The molecule has 270 valence electrons. The maximum absolute atomic E-state index is 15.0. The molecule has 0 amide bonds. The Morgan fingerprint density at radius 1 is 0.351 bits per heavy atom. The number of fused-ring (bicyclic) bond motifs is 9. The van der Waals surface area contributed by atoms with Crippen molar-refractivity contribution in [2.45, 2.75) is 9.79 Å². The number of benzene rings is 6. The summed E-state index contributed by atoms with van der Waals surface area (Å²) in [4.78, 5) is 19.7. The lowest BCUT2D eigenvalue weighted by Gasteiger charge is -2.18. The van der Waals surface area contributed by atoms with Crippen molar-refractivity contribution in [2.75, 3.05) is 0 Å². The summed E-state index contributed by atoms with van der Waals surface area (Å²) in [7, 11) is -4.01. The van der Waals surface area contributed by atoms with Gasteiger partial charge in [-0.25, -0.2) is 18.4 Å². The van der Waals surface area contributed by atoms with E-state index in [0.717, 1.165) is 61.3 Å². The standard InChI is InChI=1S/C50H32N4O2S/c55-57(56)48-22-10-8-20-42(48)40-19-7-6-17-38(40)37-16-4-5-18-39(37)41-26-24-34(29-44(41)43-21-9-11-23-49(43)57)46-30-47(54-50(53-46)33-13-2-1-3-14-33)36-25-27-45(52-32-36)35-15-12-28-51-31-35/h1-32H. The molecule has 0 radical (unpaired) electrons. The van der Waals surface area contributed by atoms with Gasteiger partial charge in [-0.3, -0.25) is 9.97 Å². The van der Waals surface area contributed by atoms with Gasteiger partial charge in [0.25, 0.3) is 0 Å². The highest BCUT2D eigenvalue weighted by Gasteiger charge is 2.29. The van der Waals surface area contributed by atoms with Crippen molar-refractivity contribution in [3.63, 3.8) is 0 Å². The van der Waals surface area contributed by atoms with E-state index in [1.54, 1.807) is 36.7 Å². The van der Waals surface area contributed by atoms with Crippen molar-refractivity contribution in [1.29, 1.82) is 0 Å². The van der Waals surface area contributed by atoms with Crippen LogP contribution in [0.25, 0.3) is 89.7 Å². The molecule has 0 fully saturated rings. The lowest BCUT2D eigenvalue weighted by atomic mass is 9.86. The fraction of sp³-hybridized carbons (Fsp3) is 0. The number of aromatic nitrogens is 4. The van der Waals surface area contributed by atoms with Crippen molar-refractivity contribution in [3.05, 3.63) is 195 Å². The third kappa shape index (κ3) is 6.11. The van der Waals surface area contributed by atoms with E-state index < -0.39 is 9.84 Å². The lowest BCUT2D eigenvalue weighted by Crippen LogP contribution is -2.06. The predicted molar refractivity (Wildman–Crippen MR) is 227 cm³/mol. The normalized spacial score (nSPS) is 12.5. The van der Waals surface area contributed by atoms with Gasteiger partial charge in [0, 0.05) is 52.0 Å². The van der Waals surface area contributed by atoms with Gasteiger partial charge in [-0.2, -0.15) is 0 Å². The molecule has 0 N–H and O–H groups in total. The molecule has 6 aromatic carbocycles. The van der Waals surface area contributed by atoms with Crippen LogP contribution in [0.15, 0.2) is 204 Å². The molecule has 57 heavy (non-hydrogen) atoms. The summed E-state index contributed by atoms with van der Waals surface area (Å²) >= 11 is 0. The van der Waals surface area contributed by atoms with Crippen LogP contribution in [0.2, 0.25) is 0 Å². The Morgan fingerprint density at radius 2 is 0.842 bits per heavy atom. The van der Waals surface area contributed by atoms with E-state index in [2.05, 4.69) is 41.4 Å². The summed E-state index contributed by atoms with van der Waals surface area (Å²) < 4.78 is 30.0. The number of pyridine rings is 2. The Bertz CT molecular complexity index is 3080. The average molecular weight is 753 g/mol. The van der Waals surface area contributed by atoms with Crippen LogP contribution in [0.3, 0.4) is 0 Å². The number of rotatable bonds is 4. The van der Waals surface area contributed by atoms with E-state index in [9.17, 15) is 8.42 Å². The van der Waals surface area contributed by atoms with E-state index >= 15 is 0 Å². The molecule has 0 saturated heterocycles. The summed E-state index contributed by atoms with van der Waals surface area (Å²) in [5.74, 6) is 0.567. The molecule has 0 bridgehead atoms. The Morgan fingerprint density at radius 3 is 1.44 bits per heavy atom. The summed E-state index contributed by atoms with van der Waals surface area (Å²) in [6.45, 7) is 0. The first-order chi connectivity index (χ1) is 28.0. The van der Waals surface area contributed by atoms with E-state index in [1.807, 2.05) is 121 Å². The van der Waals surface area contributed by atoms with Crippen LogP contribution in [-0.4, -0.2) is 28.4 Å². The van der Waals surface area contributed by atoms with Gasteiger partial charge in [-0.1, -0.05) is 127 Å². The molecule has 6 nitrogen and oxygen atoms in total. The quantitative estimate of drug-likeness (QED) is 0.178. The molecule has 7 heteroatoms. The molecular weight excluding hydrogens is 721 g/mol. The van der Waals surface area contributed by atoms with Crippen LogP contribution in [0.5, 0.6) is 0 Å². The fourth-order valence-corrected chi connectivity index (χ4v) is 9.41. The molecule has 0 atom stereocenters. The number of nitrogens with zero attached hydrogens (tertiary/aromatic N) is 4. The first-order valence-corrected chi connectivity index (χ1v) is 20.1. The third-order valence-electron chi connectivity index (χ3n) is 10.5. The number of hydrogen-bond donors (Lipinski definition) is 0. The molecule has 4 heterocycles. The highest BCUT2D eigenvalue weighted by Crippen LogP contribution is 2.47. The Labute approximate surface area is 330 Å². The van der Waals surface area contributed by atoms with Crippen molar-refractivity contribution in [2.24, 2.45) is 0 Å². The van der Waals surface area contributed by atoms with Crippen LogP contribution >= 0.6 is 0 Å². The van der Waals surface area contributed by atoms with Crippen molar-refractivity contribution < 1.29 is 8.42 Å². The minimum absolute atomic E-state index is 0.237. The second kappa shape index (κ2) is 14.1. The molecule has 0 saturated carbocycles. The molecular formula is C50H32N4O2S. The molecule has 10 rings (SSSR count). The van der Waals surface area contributed by atoms with E-state index in [0.29, 0.717) is 28.3 Å². The molecule has 9 aromatic rings. The van der Waals surface area contributed by atoms with Crippen LogP contribution in [0.4, 0.5) is 0 Å². The first-order valence-electron chi connectivity index (χ1n) is 18.6. The minimum Gasteiger partial charge on any atom is -0.264 e. The lowest BCUT2D eigenvalue weighted by molar-refractivity contribution is 0.596. The second-order valence-corrected chi connectivity index (χ2v) is 15.7. The highest BCUT2D eigenvalue weighted by atomic mass is 32.2. The van der Waals surface area contributed by atoms with Gasteiger partial charge in [0.05, 0.1) is 26.9 Å². The Kier molecular flexibility index (Phi) is 8.42. The Balaban J connectivity index is 1.22. The van der Waals surface area contributed by atoms with Gasteiger partial charge in [-0.05, 0) is 81.9 Å². The first kappa shape index (κ1) is 34.2. The molecule has 0 aliphatic carbocycles. The summed E-state index contributed by atoms with van der Waals surface area (Å²) in [6.07, 6.45) is 5.37. The van der Waals surface area contributed by atoms with Crippen molar-refractivity contribution in [1.82, 2.24) is 19.9 Å². The van der Waals surface area contributed by atoms with E-state index in [1.165, 1.54) is 0 Å². The second-order valence-electron chi connectivity index (χ2n) is 13.8.